The molecule has 0 atom stereocenters. The van der Waals surface area contributed by atoms with Gasteiger partial charge in [-0.25, -0.2) is 4.79 Å². The normalized spacial score (nSPS) is 30.4. The van der Waals surface area contributed by atoms with E-state index < -0.39 is 5.54 Å². The Labute approximate surface area is 121 Å². The van der Waals surface area contributed by atoms with Gasteiger partial charge in [-0.2, -0.15) is 0 Å². The minimum Gasteiger partial charge on any atom is -0.379 e. The van der Waals surface area contributed by atoms with Crippen LogP contribution in [0, 0.1) is 11.8 Å². The maximum absolute atomic E-state index is 12.2. The summed E-state index contributed by atoms with van der Waals surface area (Å²) < 4.78 is 5.56. The Balaban J connectivity index is 1.97. The molecule has 1 spiro atoms. The molecule has 0 radical (unpaired) electrons. The van der Waals surface area contributed by atoms with Crippen LogP contribution in [0.2, 0.25) is 0 Å². The first-order valence-corrected chi connectivity index (χ1v) is 7.66. The van der Waals surface area contributed by atoms with E-state index in [0.29, 0.717) is 31.6 Å². The second-order valence-electron chi connectivity index (χ2n) is 6.59. The lowest BCUT2D eigenvalue weighted by molar-refractivity contribution is -0.129. The van der Waals surface area contributed by atoms with E-state index in [1.807, 2.05) is 0 Å². The highest BCUT2D eigenvalue weighted by Gasteiger charge is 2.53. The van der Waals surface area contributed by atoms with Crippen molar-refractivity contribution in [2.75, 3.05) is 19.8 Å². The molecule has 0 bridgehead atoms. The van der Waals surface area contributed by atoms with Crippen molar-refractivity contribution in [3.8, 4) is 0 Å². The first-order valence-electron chi connectivity index (χ1n) is 7.66. The molecule has 0 aromatic heterocycles. The molecule has 1 aliphatic carbocycles. The number of nitrogens with zero attached hydrogens (tertiary/aromatic N) is 1. The van der Waals surface area contributed by atoms with Gasteiger partial charge in [0.05, 0.1) is 6.61 Å². The predicted octanol–water partition coefficient (Wildman–Crippen LogP) is 2.16. The zero-order valence-corrected chi connectivity index (χ0v) is 12.8. The second-order valence-corrected chi connectivity index (χ2v) is 6.59. The van der Waals surface area contributed by atoms with Crippen molar-refractivity contribution >= 4 is 11.9 Å². The number of nitrogens with one attached hydrogen (secondary N) is 1. The number of hydrogen-bond acceptors (Lipinski definition) is 3. The van der Waals surface area contributed by atoms with Crippen molar-refractivity contribution < 1.29 is 14.3 Å². The van der Waals surface area contributed by atoms with Gasteiger partial charge in [0, 0.05) is 13.2 Å². The molecule has 20 heavy (non-hydrogen) atoms. The Kier molecular flexibility index (Phi) is 4.68. The monoisotopic (exact) mass is 282 g/mol. The molecule has 1 saturated heterocycles. The fraction of sp³-hybridized carbons (Fsp3) is 0.867. The fourth-order valence-electron chi connectivity index (χ4n) is 3.13. The van der Waals surface area contributed by atoms with Crippen LogP contribution in [0.5, 0.6) is 0 Å². The van der Waals surface area contributed by atoms with Crippen molar-refractivity contribution in [2.45, 2.75) is 52.0 Å². The third kappa shape index (κ3) is 2.97. The quantitative estimate of drug-likeness (QED) is 0.621. The van der Waals surface area contributed by atoms with E-state index in [-0.39, 0.29) is 11.9 Å². The Morgan fingerprint density at radius 3 is 2.60 bits per heavy atom. The molecule has 2 aliphatic rings. The summed E-state index contributed by atoms with van der Waals surface area (Å²) in [5, 5.41) is 2.48. The number of imide groups is 1. The van der Waals surface area contributed by atoms with Gasteiger partial charge < -0.3 is 9.64 Å². The van der Waals surface area contributed by atoms with E-state index in [1.165, 1.54) is 0 Å². The molecule has 5 heteroatoms. The van der Waals surface area contributed by atoms with Crippen molar-refractivity contribution in [3.63, 3.8) is 0 Å². The zero-order valence-electron chi connectivity index (χ0n) is 12.8. The average molecular weight is 282 g/mol. The van der Waals surface area contributed by atoms with E-state index in [4.69, 9.17) is 4.74 Å². The van der Waals surface area contributed by atoms with Crippen molar-refractivity contribution in [1.82, 2.24) is 10.2 Å². The molecule has 2 rings (SSSR count). The lowest BCUT2D eigenvalue weighted by atomic mass is 9.76. The van der Waals surface area contributed by atoms with E-state index in [0.717, 1.165) is 25.7 Å². The van der Waals surface area contributed by atoms with Crippen LogP contribution in [-0.4, -0.2) is 42.1 Å². The lowest BCUT2D eigenvalue weighted by Gasteiger charge is -2.40. The summed E-state index contributed by atoms with van der Waals surface area (Å²) in [6, 6.07) is -0.252. The third-order valence-electron chi connectivity index (χ3n) is 4.42. The summed E-state index contributed by atoms with van der Waals surface area (Å²) in [6.45, 7) is 8.08. The number of hydrogen-bond donors (Lipinski definition) is 1. The van der Waals surface area contributed by atoms with Crippen molar-refractivity contribution in [1.29, 1.82) is 0 Å². The van der Waals surface area contributed by atoms with Crippen LogP contribution >= 0.6 is 0 Å². The molecule has 1 saturated carbocycles. The van der Waals surface area contributed by atoms with E-state index in [9.17, 15) is 9.59 Å². The molecule has 1 aliphatic heterocycles. The maximum Gasteiger partial charge on any atom is 0.325 e. The summed E-state index contributed by atoms with van der Waals surface area (Å²) >= 11 is 0. The van der Waals surface area contributed by atoms with Gasteiger partial charge in [0.1, 0.15) is 5.54 Å². The predicted molar refractivity (Wildman–Crippen MR) is 76.3 cm³/mol. The molecular formula is C15H26N2O3. The molecule has 0 aromatic rings. The van der Waals surface area contributed by atoms with Gasteiger partial charge in [-0.15, -0.1) is 0 Å². The molecule has 1 N–H and O–H groups in total. The minimum absolute atomic E-state index is 0.113. The number of ether oxygens (including phenoxy) is 1. The Morgan fingerprint density at radius 2 is 2.00 bits per heavy atom. The van der Waals surface area contributed by atoms with E-state index in [2.05, 4.69) is 26.1 Å². The first-order chi connectivity index (χ1) is 9.45. The van der Waals surface area contributed by atoms with E-state index >= 15 is 0 Å². The third-order valence-corrected chi connectivity index (χ3v) is 4.42. The number of urea groups is 1. The topological polar surface area (TPSA) is 58.6 Å². The molecule has 5 nitrogen and oxygen atoms in total. The largest absolute Gasteiger partial charge is 0.379 e. The number of carbonyl (C=O) groups excluding carboxylic acids is 2. The summed E-state index contributed by atoms with van der Waals surface area (Å²) in [4.78, 5) is 25.9. The molecule has 114 valence electrons. The molecule has 0 aromatic carbocycles. The molecule has 3 amide bonds. The standard InChI is InChI=1S/C15H26N2O3/c1-11(2)10-20-9-8-17-14(19)16-13(18)15(17)6-4-12(3)5-7-15/h11-12H,4-10H2,1-3H3,(H,16,18,19). The Morgan fingerprint density at radius 1 is 1.35 bits per heavy atom. The van der Waals surface area contributed by atoms with Gasteiger partial charge in [-0.3, -0.25) is 10.1 Å². The highest BCUT2D eigenvalue weighted by molar-refractivity contribution is 6.07. The van der Waals surface area contributed by atoms with Gasteiger partial charge >= 0.3 is 6.03 Å². The second kappa shape index (κ2) is 6.12. The van der Waals surface area contributed by atoms with E-state index in [1.54, 1.807) is 4.90 Å². The highest BCUT2D eigenvalue weighted by atomic mass is 16.5. The summed E-state index contributed by atoms with van der Waals surface area (Å²) in [6.07, 6.45) is 3.56. The summed E-state index contributed by atoms with van der Waals surface area (Å²) in [5.74, 6) is 1.01. The smallest absolute Gasteiger partial charge is 0.325 e. The highest BCUT2D eigenvalue weighted by Crippen LogP contribution is 2.39. The Hall–Kier alpha value is -1.10. The van der Waals surface area contributed by atoms with Crippen LogP contribution in [0.3, 0.4) is 0 Å². The average Bonchev–Trinajstić information content (AvgIpc) is 2.61. The first kappa shape index (κ1) is 15.3. The number of carbonyl (C=O) groups is 2. The van der Waals surface area contributed by atoms with Crippen LogP contribution < -0.4 is 5.32 Å². The van der Waals surface area contributed by atoms with Gasteiger partial charge in [0.15, 0.2) is 0 Å². The maximum atomic E-state index is 12.2. The van der Waals surface area contributed by atoms with Crippen LogP contribution in [0.25, 0.3) is 0 Å². The van der Waals surface area contributed by atoms with Crippen LogP contribution in [-0.2, 0) is 9.53 Å². The SMILES string of the molecule is CC(C)COCCN1C(=O)NC(=O)C12CCC(C)CC2. The molecule has 1 heterocycles. The minimum atomic E-state index is -0.606. The summed E-state index contributed by atoms with van der Waals surface area (Å²) in [5.41, 5.74) is -0.606. The van der Waals surface area contributed by atoms with Crippen LogP contribution in [0.1, 0.15) is 46.5 Å². The van der Waals surface area contributed by atoms with Gasteiger partial charge in [0.2, 0.25) is 0 Å². The summed E-state index contributed by atoms with van der Waals surface area (Å²) in [7, 11) is 0. The fourth-order valence-corrected chi connectivity index (χ4v) is 3.13. The Bertz CT molecular complexity index is 373. The lowest BCUT2D eigenvalue weighted by Crippen LogP contribution is -2.52. The number of rotatable bonds is 5. The zero-order chi connectivity index (χ0) is 14.8. The van der Waals surface area contributed by atoms with Crippen molar-refractivity contribution in [2.24, 2.45) is 11.8 Å². The van der Waals surface area contributed by atoms with Crippen molar-refractivity contribution in [3.05, 3.63) is 0 Å². The van der Waals surface area contributed by atoms with Gasteiger partial charge in [-0.1, -0.05) is 20.8 Å². The molecular weight excluding hydrogens is 256 g/mol. The molecule has 2 fully saturated rings. The van der Waals surface area contributed by atoms with Crippen LogP contribution in [0.15, 0.2) is 0 Å². The molecule has 0 unspecified atom stereocenters. The van der Waals surface area contributed by atoms with Gasteiger partial charge in [-0.05, 0) is 37.5 Å². The van der Waals surface area contributed by atoms with Crippen LogP contribution in [0.4, 0.5) is 4.79 Å². The van der Waals surface area contributed by atoms with Gasteiger partial charge in [0.25, 0.3) is 5.91 Å². The number of amides is 3.